The quantitative estimate of drug-likeness (QED) is 0.344. The van der Waals surface area contributed by atoms with E-state index in [1.165, 1.54) is 10.9 Å². The van der Waals surface area contributed by atoms with E-state index in [1.54, 1.807) is 16.7 Å². The second-order valence-corrected chi connectivity index (χ2v) is 9.28. The summed E-state index contributed by atoms with van der Waals surface area (Å²) in [6.45, 7) is 4.38. The molecule has 188 valence electrons. The minimum absolute atomic E-state index is 0.0726. The van der Waals surface area contributed by atoms with Gasteiger partial charge in [0, 0.05) is 11.3 Å². The third-order valence-electron chi connectivity index (χ3n) is 6.48. The molecule has 1 aliphatic carbocycles. The van der Waals surface area contributed by atoms with Gasteiger partial charge in [-0.25, -0.2) is 4.98 Å². The Labute approximate surface area is 211 Å². The van der Waals surface area contributed by atoms with E-state index in [9.17, 15) is 9.59 Å². The van der Waals surface area contributed by atoms with E-state index in [4.69, 9.17) is 9.26 Å². The summed E-state index contributed by atoms with van der Waals surface area (Å²) in [5.41, 5.74) is 2.97. The van der Waals surface area contributed by atoms with Gasteiger partial charge < -0.3 is 19.1 Å². The molecule has 0 radical (unpaired) electrons. The molecule has 2 aromatic carbocycles. The summed E-state index contributed by atoms with van der Waals surface area (Å²) in [7, 11) is 0. The van der Waals surface area contributed by atoms with Gasteiger partial charge in [0.2, 0.25) is 11.8 Å². The average molecular weight is 499 g/mol. The molecule has 6 rings (SSSR count). The molecule has 10 heteroatoms. The number of carbonyl (C=O) groups excluding carboxylic acids is 1. The van der Waals surface area contributed by atoms with Crippen LogP contribution in [0.25, 0.3) is 21.9 Å². The van der Waals surface area contributed by atoms with E-state index in [0.717, 1.165) is 29.3 Å². The zero-order chi connectivity index (χ0) is 25.5. The summed E-state index contributed by atoms with van der Waals surface area (Å²) in [6.07, 6.45) is 3.61. The molecule has 3 aromatic heterocycles. The highest BCUT2D eigenvalue weighted by atomic mass is 16.5. The van der Waals surface area contributed by atoms with Gasteiger partial charge in [0.25, 0.3) is 5.56 Å². The lowest BCUT2D eigenvalue weighted by Crippen LogP contribution is -2.25. The van der Waals surface area contributed by atoms with Crippen LogP contribution >= 0.6 is 0 Å². The van der Waals surface area contributed by atoms with Crippen LogP contribution in [0.2, 0.25) is 0 Å². The molecule has 1 N–H and O–H groups in total. The molecule has 1 fully saturated rings. The lowest BCUT2D eigenvalue weighted by atomic mass is 10.1. The van der Waals surface area contributed by atoms with Gasteiger partial charge in [-0.3, -0.25) is 14.2 Å². The monoisotopic (exact) mass is 498 g/mol. The Morgan fingerprint density at radius 3 is 2.86 bits per heavy atom. The number of nitrogens with one attached hydrogen (secondary N) is 1. The number of carbonyl (C=O) groups is 1. The van der Waals surface area contributed by atoms with Gasteiger partial charge in [-0.05, 0) is 51.0 Å². The van der Waals surface area contributed by atoms with Crippen LogP contribution in [0.4, 0.5) is 5.69 Å². The fourth-order valence-electron chi connectivity index (χ4n) is 4.56. The van der Waals surface area contributed by atoms with Crippen molar-refractivity contribution in [2.24, 2.45) is 0 Å². The molecule has 0 atom stereocenters. The van der Waals surface area contributed by atoms with Crippen LogP contribution in [0.5, 0.6) is 5.75 Å². The number of benzene rings is 2. The summed E-state index contributed by atoms with van der Waals surface area (Å²) in [4.78, 5) is 35.9. The van der Waals surface area contributed by atoms with Crippen LogP contribution in [0.1, 0.15) is 43.0 Å². The van der Waals surface area contributed by atoms with Crippen molar-refractivity contribution in [2.45, 2.75) is 45.7 Å². The van der Waals surface area contributed by atoms with Crippen molar-refractivity contribution in [3.8, 4) is 5.75 Å². The number of amides is 1. The first kappa shape index (κ1) is 23.0. The van der Waals surface area contributed by atoms with E-state index in [2.05, 4.69) is 20.4 Å². The fraction of sp³-hybridized carbons (Fsp3) is 0.296. The molecule has 3 heterocycles. The first-order valence-electron chi connectivity index (χ1n) is 12.3. The number of anilines is 1. The van der Waals surface area contributed by atoms with Gasteiger partial charge in [-0.15, -0.1) is 0 Å². The SMILES string of the molecule is CCOc1ccccc1NC(=O)Cn1c2ccc(C)cc2c2ncn(Cc3nc(C4CC4)no3)c(=O)c21. The van der Waals surface area contributed by atoms with Crippen LogP contribution < -0.4 is 15.6 Å². The van der Waals surface area contributed by atoms with Crippen LogP contribution in [0, 0.1) is 6.92 Å². The van der Waals surface area contributed by atoms with Gasteiger partial charge in [0.1, 0.15) is 29.9 Å². The number of fused-ring (bicyclic) bond motifs is 3. The Bertz CT molecular complexity index is 1690. The van der Waals surface area contributed by atoms with Crippen molar-refractivity contribution in [3.05, 3.63) is 76.4 Å². The number of aromatic nitrogens is 5. The van der Waals surface area contributed by atoms with E-state index in [1.807, 2.05) is 44.2 Å². The zero-order valence-corrected chi connectivity index (χ0v) is 20.6. The van der Waals surface area contributed by atoms with Gasteiger partial charge >= 0.3 is 0 Å². The van der Waals surface area contributed by atoms with Crippen LogP contribution in [0.15, 0.2) is 58.1 Å². The Hall–Kier alpha value is -4.47. The van der Waals surface area contributed by atoms with Crippen molar-refractivity contribution in [3.63, 3.8) is 0 Å². The van der Waals surface area contributed by atoms with Crippen LogP contribution in [-0.2, 0) is 17.9 Å². The van der Waals surface area contributed by atoms with Crippen molar-refractivity contribution in [1.82, 2.24) is 24.3 Å². The van der Waals surface area contributed by atoms with Crippen molar-refractivity contribution < 1.29 is 14.1 Å². The van der Waals surface area contributed by atoms with Gasteiger partial charge in [0.05, 0.1) is 24.1 Å². The third-order valence-corrected chi connectivity index (χ3v) is 6.48. The maximum atomic E-state index is 13.7. The summed E-state index contributed by atoms with van der Waals surface area (Å²) in [5, 5.41) is 7.77. The normalized spacial score (nSPS) is 13.4. The smallest absolute Gasteiger partial charge is 0.278 e. The number of nitrogens with zero attached hydrogens (tertiary/aromatic N) is 5. The average Bonchev–Trinajstić information content (AvgIpc) is 3.56. The molecule has 0 unspecified atom stereocenters. The number of para-hydroxylation sites is 2. The number of aryl methyl sites for hydroxylation is 1. The highest BCUT2D eigenvalue weighted by Gasteiger charge is 2.29. The molecule has 5 aromatic rings. The maximum Gasteiger partial charge on any atom is 0.278 e. The molecule has 1 aliphatic rings. The molecule has 37 heavy (non-hydrogen) atoms. The third kappa shape index (κ3) is 4.35. The first-order valence-corrected chi connectivity index (χ1v) is 12.3. The molecule has 0 bridgehead atoms. The van der Waals surface area contributed by atoms with Gasteiger partial charge in [-0.2, -0.15) is 4.98 Å². The largest absolute Gasteiger partial charge is 0.492 e. The first-order chi connectivity index (χ1) is 18.0. The number of rotatable bonds is 8. The van der Waals surface area contributed by atoms with Crippen molar-refractivity contribution in [1.29, 1.82) is 0 Å². The topological polar surface area (TPSA) is 117 Å². The summed E-state index contributed by atoms with van der Waals surface area (Å²) in [6, 6.07) is 13.1. The molecular weight excluding hydrogens is 472 g/mol. The highest BCUT2D eigenvalue weighted by Crippen LogP contribution is 2.38. The predicted octanol–water partition coefficient (Wildman–Crippen LogP) is 4.01. The Kier molecular flexibility index (Phi) is 5.71. The number of hydrogen-bond acceptors (Lipinski definition) is 7. The lowest BCUT2D eigenvalue weighted by Gasteiger charge is -2.12. The Balaban J connectivity index is 1.39. The summed E-state index contributed by atoms with van der Waals surface area (Å²) < 4.78 is 14.2. The van der Waals surface area contributed by atoms with Gasteiger partial charge in [-0.1, -0.05) is 28.9 Å². The maximum absolute atomic E-state index is 13.7. The van der Waals surface area contributed by atoms with Crippen LogP contribution in [0.3, 0.4) is 0 Å². The Morgan fingerprint density at radius 2 is 2.05 bits per heavy atom. The van der Waals surface area contributed by atoms with E-state index in [0.29, 0.717) is 46.7 Å². The summed E-state index contributed by atoms with van der Waals surface area (Å²) in [5.74, 6) is 1.70. The lowest BCUT2D eigenvalue weighted by molar-refractivity contribution is -0.116. The Morgan fingerprint density at radius 1 is 1.22 bits per heavy atom. The molecule has 10 nitrogen and oxygen atoms in total. The number of ether oxygens (including phenoxy) is 1. The fourth-order valence-corrected chi connectivity index (χ4v) is 4.56. The molecule has 0 saturated heterocycles. The standard InChI is InChI=1S/C27H26N6O4/c1-3-36-21-7-5-4-6-19(21)29-22(34)13-33-20-11-8-16(2)12-18(20)24-25(33)27(35)32(15-28-24)14-23-30-26(31-37-23)17-9-10-17/h4-8,11-12,15,17H,3,9-10,13-14H2,1-2H3,(H,29,34). The zero-order valence-electron chi connectivity index (χ0n) is 20.6. The molecule has 0 aliphatic heterocycles. The highest BCUT2D eigenvalue weighted by molar-refractivity contribution is 6.07. The van der Waals surface area contributed by atoms with E-state index >= 15 is 0 Å². The van der Waals surface area contributed by atoms with E-state index in [-0.39, 0.29) is 24.6 Å². The van der Waals surface area contributed by atoms with Crippen molar-refractivity contribution >= 4 is 33.5 Å². The number of hydrogen-bond donors (Lipinski definition) is 1. The minimum Gasteiger partial charge on any atom is -0.492 e. The molecule has 0 spiro atoms. The predicted molar refractivity (Wildman–Crippen MR) is 138 cm³/mol. The second kappa shape index (κ2) is 9.20. The minimum atomic E-state index is -0.285. The van der Waals surface area contributed by atoms with Crippen molar-refractivity contribution in [2.75, 3.05) is 11.9 Å². The molecule has 1 saturated carbocycles. The van der Waals surface area contributed by atoms with Gasteiger partial charge in [0.15, 0.2) is 5.82 Å². The van der Waals surface area contributed by atoms with E-state index < -0.39 is 0 Å². The van der Waals surface area contributed by atoms with Crippen LogP contribution in [-0.4, -0.2) is 36.8 Å². The molecule has 1 amide bonds. The molecular formula is C27H26N6O4. The second-order valence-electron chi connectivity index (χ2n) is 9.28. The summed E-state index contributed by atoms with van der Waals surface area (Å²) >= 11 is 0.